The van der Waals surface area contributed by atoms with E-state index in [1.807, 2.05) is 0 Å². The van der Waals surface area contributed by atoms with Crippen LogP contribution >= 0.6 is 0 Å². The highest BCUT2D eigenvalue weighted by atomic mass is 19.4. The number of allylic oxidation sites excluding steroid dienone is 3. The fraction of sp³-hybridized carbons (Fsp3) is 0.188. The molecule has 1 aliphatic rings. The van der Waals surface area contributed by atoms with E-state index >= 15 is 0 Å². The van der Waals surface area contributed by atoms with E-state index in [4.69, 9.17) is 4.74 Å². The summed E-state index contributed by atoms with van der Waals surface area (Å²) in [6, 6.07) is 4.89. The Labute approximate surface area is 134 Å². The van der Waals surface area contributed by atoms with Gasteiger partial charge in [0.05, 0.1) is 0 Å². The van der Waals surface area contributed by atoms with E-state index in [-0.39, 0.29) is 11.3 Å². The van der Waals surface area contributed by atoms with Crippen LogP contribution in [0.25, 0.3) is 6.08 Å². The average Bonchev–Trinajstić information content (AvgIpc) is 2.42. The van der Waals surface area contributed by atoms with Gasteiger partial charge in [0.25, 0.3) is 0 Å². The number of ether oxygens (including phenoxy) is 2. The van der Waals surface area contributed by atoms with E-state index in [0.29, 0.717) is 0 Å². The Morgan fingerprint density at radius 1 is 1.29 bits per heavy atom. The smallest absolute Gasteiger partial charge is 0.430 e. The molecule has 0 aromatic heterocycles. The second kappa shape index (κ2) is 6.69. The molecule has 5 nitrogen and oxygen atoms in total. The summed E-state index contributed by atoms with van der Waals surface area (Å²) in [5, 5.41) is 0. The molecule has 0 saturated carbocycles. The maximum Gasteiger partial charge on any atom is 0.573 e. The highest BCUT2D eigenvalue weighted by molar-refractivity contribution is 6.25. The molecule has 1 atom stereocenters. The summed E-state index contributed by atoms with van der Waals surface area (Å²) in [7, 11) is 0. The lowest BCUT2D eigenvalue weighted by molar-refractivity contribution is -0.274. The van der Waals surface area contributed by atoms with Crippen molar-refractivity contribution in [2.45, 2.75) is 13.3 Å². The number of carbonyl (C=O) groups is 3. The van der Waals surface area contributed by atoms with Crippen LogP contribution in [0.2, 0.25) is 0 Å². The van der Waals surface area contributed by atoms with Crippen molar-refractivity contribution < 1.29 is 37.0 Å². The minimum Gasteiger partial charge on any atom is -0.430 e. The third kappa shape index (κ3) is 4.55. The molecule has 126 valence electrons. The second-order valence-corrected chi connectivity index (χ2v) is 4.87. The van der Waals surface area contributed by atoms with E-state index in [1.165, 1.54) is 25.1 Å². The minimum atomic E-state index is -4.83. The Morgan fingerprint density at radius 3 is 2.62 bits per heavy atom. The maximum absolute atomic E-state index is 12.2. The molecule has 8 heteroatoms. The van der Waals surface area contributed by atoms with Gasteiger partial charge >= 0.3 is 12.3 Å². The quantitative estimate of drug-likeness (QED) is 0.479. The number of hydrogen-bond donors (Lipinski definition) is 0. The van der Waals surface area contributed by atoms with Crippen LogP contribution in [-0.2, 0) is 19.1 Å². The first-order valence-electron chi connectivity index (χ1n) is 6.67. The molecule has 1 aromatic carbocycles. The lowest BCUT2D eigenvalue weighted by Gasteiger charge is -2.15. The van der Waals surface area contributed by atoms with Crippen molar-refractivity contribution in [2.75, 3.05) is 0 Å². The summed E-state index contributed by atoms with van der Waals surface area (Å²) in [5.74, 6) is -4.47. The number of esters is 1. The summed E-state index contributed by atoms with van der Waals surface area (Å²) in [5.41, 5.74) is 0.230. The van der Waals surface area contributed by atoms with Crippen molar-refractivity contribution in [3.8, 4) is 5.75 Å². The number of cyclic esters (lactones) is 1. The average molecular weight is 340 g/mol. The molecule has 1 aromatic rings. The SMILES string of the molecule is CC1=CC(=O)C(C(=O)/C=C/c2cccc(OC(F)(F)F)c2)C(=O)O1. The number of ketones is 2. The lowest BCUT2D eigenvalue weighted by atomic mass is 9.96. The summed E-state index contributed by atoms with van der Waals surface area (Å²) in [6.45, 7) is 1.40. The van der Waals surface area contributed by atoms with Gasteiger partial charge in [0.15, 0.2) is 17.5 Å². The molecule has 0 amide bonds. The van der Waals surface area contributed by atoms with Crippen LogP contribution in [0.3, 0.4) is 0 Å². The predicted octanol–water partition coefficient (Wildman–Crippen LogP) is 2.81. The van der Waals surface area contributed by atoms with Gasteiger partial charge < -0.3 is 9.47 Å². The van der Waals surface area contributed by atoms with Crippen LogP contribution in [-0.4, -0.2) is 23.9 Å². The van der Waals surface area contributed by atoms with Crippen LogP contribution in [0.1, 0.15) is 12.5 Å². The van der Waals surface area contributed by atoms with Gasteiger partial charge in [0.2, 0.25) is 0 Å². The highest BCUT2D eigenvalue weighted by Crippen LogP contribution is 2.24. The monoisotopic (exact) mass is 340 g/mol. The zero-order valence-electron chi connectivity index (χ0n) is 12.3. The molecular weight excluding hydrogens is 329 g/mol. The van der Waals surface area contributed by atoms with E-state index in [9.17, 15) is 27.6 Å². The molecule has 0 fully saturated rings. The van der Waals surface area contributed by atoms with Gasteiger partial charge in [0.1, 0.15) is 11.5 Å². The number of halogens is 3. The van der Waals surface area contributed by atoms with Crippen molar-refractivity contribution in [3.05, 3.63) is 47.7 Å². The van der Waals surface area contributed by atoms with Gasteiger partial charge in [-0.25, -0.2) is 0 Å². The number of carbonyl (C=O) groups excluding carboxylic acids is 3. The molecule has 2 rings (SSSR count). The molecule has 1 unspecified atom stereocenters. The van der Waals surface area contributed by atoms with Gasteiger partial charge in [-0.3, -0.25) is 14.4 Å². The van der Waals surface area contributed by atoms with E-state index < -0.39 is 35.6 Å². The molecule has 0 bridgehead atoms. The third-order valence-electron chi connectivity index (χ3n) is 2.94. The van der Waals surface area contributed by atoms with Gasteiger partial charge in [-0.2, -0.15) is 0 Å². The normalized spacial score (nSPS) is 18.3. The Bertz CT molecular complexity index is 746. The number of alkyl halides is 3. The van der Waals surface area contributed by atoms with Crippen molar-refractivity contribution >= 4 is 23.6 Å². The molecule has 24 heavy (non-hydrogen) atoms. The number of benzene rings is 1. The van der Waals surface area contributed by atoms with E-state index in [1.54, 1.807) is 0 Å². The molecular formula is C16H11F3O5. The van der Waals surface area contributed by atoms with E-state index in [0.717, 1.165) is 24.3 Å². The lowest BCUT2D eigenvalue weighted by Crippen LogP contribution is -2.34. The van der Waals surface area contributed by atoms with E-state index in [2.05, 4.69) is 4.74 Å². The number of hydrogen-bond acceptors (Lipinski definition) is 5. The molecule has 0 radical (unpaired) electrons. The summed E-state index contributed by atoms with van der Waals surface area (Å²) in [4.78, 5) is 35.3. The molecule has 1 heterocycles. The minimum absolute atomic E-state index is 0.0926. The zero-order valence-corrected chi connectivity index (χ0v) is 12.3. The van der Waals surface area contributed by atoms with Crippen LogP contribution in [0.15, 0.2) is 42.2 Å². The maximum atomic E-state index is 12.2. The zero-order chi connectivity index (χ0) is 17.9. The van der Waals surface area contributed by atoms with Gasteiger partial charge in [-0.05, 0) is 30.7 Å². The molecule has 0 spiro atoms. The standard InChI is InChI=1S/C16H11F3O5/c1-9-7-13(21)14(15(22)23-9)12(20)6-5-10-3-2-4-11(8-10)24-16(17,18)19/h2-8,14H,1H3/b6-5+. The second-order valence-electron chi connectivity index (χ2n) is 4.87. The first kappa shape index (κ1) is 17.5. The summed E-state index contributed by atoms with van der Waals surface area (Å²) in [6.07, 6.45) is -1.68. The van der Waals surface area contributed by atoms with Crippen molar-refractivity contribution in [3.63, 3.8) is 0 Å². The summed E-state index contributed by atoms with van der Waals surface area (Å²) >= 11 is 0. The van der Waals surface area contributed by atoms with Crippen LogP contribution in [0.4, 0.5) is 13.2 Å². The Hall–Kier alpha value is -2.90. The van der Waals surface area contributed by atoms with Gasteiger partial charge in [0, 0.05) is 6.08 Å². The molecule has 0 aliphatic carbocycles. The fourth-order valence-electron chi connectivity index (χ4n) is 1.99. The first-order chi connectivity index (χ1) is 11.2. The Kier molecular flexibility index (Phi) is 4.87. The Balaban J connectivity index is 2.13. The Morgan fingerprint density at radius 2 is 2.00 bits per heavy atom. The van der Waals surface area contributed by atoms with Crippen LogP contribution in [0.5, 0.6) is 5.75 Å². The van der Waals surface area contributed by atoms with Crippen LogP contribution < -0.4 is 4.74 Å². The molecule has 1 aliphatic heterocycles. The number of rotatable bonds is 4. The van der Waals surface area contributed by atoms with Crippen molar-refractivity contribution in [1.29, 1.82) is 0 Å². The van der Waals surface area contributed by atoms with Crippen molar-refractivity contribution in [1.82, 2.24) is 0 Å². The first-order valence-corrected chi connectivity index (χ1v) is 6.67. The van der Waals surface area contributed by atoms with Gasteiger partial charge in [-0.15, -0.1) is 13.2 Å². The van der Waals surface area contributed by atoms with Crippen molar-refractivity contribution in [2.24, 2.45) is 5.92 Å². The topological polar surface area (TPSA) is 69.7 Å². The predicted molar refractivity (Wildman–Crippen MR) is 75.5 cm³/mol. The molecule has 0 N–H and O–H groups in total. The largest absolute Gasteiger partial charge is 0.573 e. The molecule has 0 saturated heterocycles. The summed E-state index contributed by atoms with van der Waals surface area (Å²) < 4.78 is 45.0. The third-order valence-corrected chi connectivity index (χ3v) is 2.94. The highest BCUT2D eigenvalue weighted by Gasteiger charge is 2.36. The fourth-order valence-corrected chi connectivity index (χ4v) is 1.99. The van der Waals surface area contributed by atoms with Gasteiger partial charge in [-0.1, -0.05) is 18.2 Å². The van der Waals surface area contributed by atoms with Crippen LogP contribution in [0, 0.1) is 5.92 Å².